The van der Waals surface area contributed by atoms with Crippen LogP contribution in [-0.4, -0.2) is 29.6 Å². The molecule has 2 aliphatic heterocycles. The molecule has 2 atom stereocenters. The molecule has 0 amide bonds. The molecule has 35 heavy (non-hydrogen) atoms. The first-order valence-electron chi connectivity index (χ1n) is 12.2. The molecule has 0 spiro atoms. The van der Waals surface area contributed by atoms with Gasteiger partial charge in [-0.05, 0) is 100 Å². The number of pyridine rings is 1. The van der Waals surface area contributed by atoms with E-state index in [1.54, 1.807) is 0 Å². The van der Waals surface area contributed by atoms with Crippen LogP contribution in [0.1, 0.15) is 60.1 Å². The van der Waals surface area contributed by atoms with Crippen LogP contribution < -0.4 is 0 Å². The van der Waals surface area contributed by atoms with Gasteiger partial charge in [-0.3, -0.25) is 9.88 Å². The highest BCUT2D eigenvalue weighted by Crippen LogP contribution is 2.52. The predicted octanol–water partition coefficient (Wildman–Crippen LogP) is 6.74. The maximum atomic E-state index is 14.4. The summed E-state index contributed by atoms with van der Waals surface area (Å²) in [6, 6.07) is 10.2. The van der Waals surface area contributed by atoms with Gasteiger partial charge in [0, 0.05) is 34.3 Å². The van der Waals surface area contributed by atoms with Crippen LogP contribution >= 0.6 is 11.3 Å². The molecule has 186 valence electrons. The molecule has 1 aromatic carbocycles. The molecule has 2 aliphatic rings. The van der Waals surface area contributed by atoms with E-state index in [4.69, 9.17) is 4.74 Å². The van der Waals surface area contributed by atoms with E-state index in [-0.39, 0.29) is 22.2 Å². The number of fused-ring (bicyclic) bond motifs is 1. The zero-order valence-corrected chi connectivity index (χ0v) is 21.2. The standard InChI is InChI=1S/C28H31F3N2OS/c1-18-4-5-20(16-32-18)27(2,3)33-12-11-28(17-33,10-8-21-6-7-25(31)35-21)26-22-15-24(30)23(29)14-19(22)9-13-34-26/h4-7,14-16,26H,8-13,17H2,1-3H3. The highest BCUT2D eigenvalue weighted by atomic mass is 32.1. The van der Waals surface area contributed by atoms with Crippen molar-refractivity contribution >= 4 is 11.3 Å². The number of hydrogen-bond acceptors (Lipinski definition) is 4. The Morgan fingerprint density at radius 1 is 1.14 bits per heavy atom. The van der Waals surface area contributed by atoms with E-state index in [1.807, 2.05) is 25.3 Å². The van der Waals surface area contributed by atoms with Gasteiger partial charge >= 0.3 is 0 Å². The van der Waals surface area contributed by atoms with Crippen LogP contribution in [0.15, 0.2) is 42.6 Å². The van der Waals surface area contributed by atoms with Crippen molar-refractivity contribution in [1.29, 1.82) is 0 Å². The topological polar surface area (TPSA) is 25.4 Å². The monoisotopic (exact) mass is 500 g/mol. The van der Waals surface area contributed by atoms with Crippen molar-refractivity contribution < 1.29 is 17.9 Å². The van der Waals surface area contributed by atoms with Crippen LogP contribution in [0.2, 0.25) is 0 Å². The zero-order valence-electron chi connectivity index (χ0n) is 20.4. The third-order valence-corrected chi connectivity index (χ3v) is 8.90. The number of benzene rings is 1. The fourth-order valence-electron chi connectivity index (χ4n) is 5.74. The fraction of sp³-hybridized carbons (Fsp3) is 0.464. The minimum atomic E-state index is -0.837. The highest BCUT2D eigenvalue weighted by Gasteiger charge is 2.50. The van der Waals surface area contributed by atoms with E-state index in [1.165, 1.54) is 29.5 Å². The lowest BCUT2D eigenvalue weighted by molar-refractivity contribution is -0.0563. The van der Waals surface area contributed by atoms with Crippen LogP contribution in [0.4, 0.5) is 13.2 Å². The Kier molecular flexibility index (Phi) is 6.53. The third kappa shape index (κ3) is 4.66. The summed E-state index contributed by atoms with van der Waals surface area (Å²) in [5.41, 5.74) is 3.12. The normalized spacial score (nSPS) is 23.0. The Labute approximate surface area is 209 Å². The van der Waals surface area contributed by atoms with Crippen molar-refractivity contribution in [2.24, 2.45) is 5.41 Å². The van der Waals surface area contributed by atoms with Crippen molar-refractivity contribution in [2.45, 2.75) is 58.1 Å². The summed E-state index contributed by atoms with van der Waals surface area (Å²) >= 11 is 1.17. The van der Waals surface area contributed by atoms with E-state index >= 15 is 0 Å². The van der Waals surface area contributed by atoms with Gasteiger partial charge in [-0.2, -0.15) is 4.39 Å². The van der Waals surface area contributed by atoms with Crippen molar-refractivity contribution in [2.75, 3.05) is 19.7 Å². The Hall–Kier alpha value is -2.22. The number of nitrogens with zero attached hydrogens (tertiary/aromatic N) is 2. The molecule has 0 aliphatic carbocycles. The first kappa shape index (κ1) is 24.5. The summed E-state index contributed by atoms with van der Waals surface area (Å²) in [4.78, 5) is 7.95. The predicted molar refractivity (Wildman–Crippen MR) is 132 cm³/mol. The van der Waals surface area contributed by atoms with Gasteiger partial charge in [-0.25, -0.2) is 8.78 Å². The lowest BCUT2D eigenvalue weighted by Crippen LogP contribution is -2.43. The molecule has 2 aromatic heterocycles. The van der Waals surface area contributed by atoms with Crippen LogP contribution in [0, 0.1) is 29.1 Å². The van der Waals surface area contributed by atoms with Crippen LogP contribution in [0.3, 0.4) is 0 Å². The third-order valence-electron chi connectivity index (χ3n) is 7.97. The lowest BCUT2D eigenvalue weighted by Gasteiger charge is -2.43. The second-order valence-electron chi connectivity index (χ2n) is 10.5. The summed E-state index contributed by atoms with van der Waals surface area (Å²) in [6.07, 6.45) is 4.51. The maximum Gasteiger partial charge on any atom is 0.176 e. The highest BCUT2D eigenvalue weighted by molar-refractivity contribution is 7.10. The van der Waals surface area contributed by atoms with Gasteiger partial charge in [0.1, 0.15) is 0 Å². The number of ether oxygens (including phenoxy) is 1. The van der Waals surface area contributed by atoms with Gasteiger partial charge in [0.05, 0.1) is 12.7 Å². The molecule has 1 fully saturated rings. The number of rotatable bonds is 6. The average Bonchev–Trinajstić information content (AvgIpc) is 3.46. The maximum absolute atomic E-state index is 14.4. The minimum absolute atomic E-state index is 0.188. The molecular formula is C28H31F3N2OS. The van der Waals surface area contributed by atoms with E-state index < -0.39 is 11.6 Å². The van der Waals surface area contributed by atoms with Crippen molar-refractivity contribution in [3.05, 3.63) is 86.6 Å². The quantitative estimate of drug-likeness (QED) is 0.375. The van der Waals surface area contributed by atoms with Gasteiger partial charge in [-0.15, -0.1) is 11.3 Å². The average molecular weight is 501 g/mol. The summed E-state index contributed by atoms with van der Waals surface area (Å²) in [5.74, 6) is -1.65. The molecule has 7 heteroatoms. The van der Waals surface area contributed by atoms with Crippen molar-refractivity contribution in [1.82, 2.24) is 9.88 Å². The molecule has 0 radical (unpaired) electrons. The molecule has 4 heterocycles. The van der Waals surface area contributed by atoms with Gasteiger partial charge in [0.25, 0.3) is 0 Å². The number of halogens is 3. The Morgan fingerprint density at radius 3 is 2.66 bits per heavy atom. The number of hydrogen-bond donors (Lipinski definition) is 0. The first-order chi connectivity index (χ1) is 16.7. The molecule has 0 bridgehead atoms. The molecule has 0 N–H and O–H groups in total. The van der Waals surface area contributed by atoms with E-state index in [9.17, 15) is 13.2 Å². The number of likely N-dealkylation sites (tertiary alicyclic amines) is 1. The smallest absolute Gasteiger partial charge is 0.176 e. The SMILES string of the molecule is Cc1ccc(C(C)(C)N2CCC(CCc3ccc(F)s3)(C3OCCc4cc(F)c(F)cc43)C2)cn1. The largest absolute Gasteiger partial charge is 0.373 e. The zero-order chi connectivity index (χ0) is 24.8. The lowest BCUT2D eigenvalue weighted by atomic mass is 9.72. The number of aryl methyl sites for hydroxylation is 2. The summed E-state index contributed by atoms with van der Waals surface area (Å²) in [6.45, 7) is 8.45. The molecule has 3 aromatic rings. The minimum Gasteiger partial charge on any atom is -0.373 e. The Morgan fingerprint density at radius 2 is 1.94 bits per heavy atom. The van der Waals surface area contributed by atoms with Gasteiger partial charge in [0.15, 0.2) is 16.8 Å². The van der Waals surface area contributed by atoms with E-state index in [0.29, 0.717) is 19.4 Å². The molecule has 2 unspecified atom stereocenters. The summed E-state index contributed by atoms with van der Waals surface area (Å²) in [5, 5.41) is -0.188. The Balaban J connectivity index is 1.50. The number of thiophene rings is 1. The second-order valence-corrected chi connectivity index (χ2v) is 11.6. The van der Waals surface area contributed by atoms with Gasteiger partial charge in [0.2, 0.25) is 0 Å². The Bertz CT molecular complexity index is 1210. The van der Waals surface area contributed by atoms with E-state index in [2.05, 4.69) is 29.8 Å². The summed E-state index contributed by atoms with van der Waals surface area (Å²) in [7, 11) is 0. The van der Waals surface area contributed by atoms with Crippen molar-refractivity contribution in [3.8, 4) is 0 Å². The summed E-state index contributed by atoms with van der Waals surface area (Å²) < 4.78 is 48.5. The van der Waals surface area contributed by atoms with E-state index in [0.717, 1.165) is 53.2 Å². The van der Waals surface area contributed by atoms with Crippen LogP contribution in [0.5, 0.6) is 0 Å². The number of aromatic nitrogens is 1. The molecule has 5 rings (SSSR count). The van der Waals surface area contributed by atoms with Crippen molar-refractivity contribution in [3.63, 3.8) is 0 Å². The molecule has 0 saturated carbocycles. The van der Waals surface area contributed by atoms with Crippen LogP contribution in [-0.2, 0) is 23.1 Å². The first-order valence-corrected chi connectivity index (χ1v) is 13.0. The van der Waals surface area contributed by atoms with Gasteiger partial charge < -0.3 is 4.74 Å². The fourth-order valence-corrected chi connectivity index (χ4v) is 6.47. The molecule has 3 nitrogen and oxygen atoms in total. The van der Waals surface area contributed by atoms with Gasteiger partial charge in [-0.1, -0.05) is 6.07 Å². The van der Waals surface area contributed by atoms with Crippen LogP contribution in [0.25, 0.3) is 0 Å². The molecular weight excluding hydrogens is 469 g/mol. The molecule has 1 saturated heterocycles. The second kappa shape index (κ2) is 9.34.